The number of hydrogen-bond donors (Lipinski definition) is 3. The first-order chi connectivity index (χ1) is 6.97. The van der Waals surface area contributed by atoms with Gasteiger partial charge in [-0.1, -0.05) is 11.6 Å². The van der Waals surface area contributed by atoms with E-state index in [1.807, 2.05) is 0 Å². The molecule has 0 aliphatic heterocycles. The summed E-state index contributed by atoms with van der Waals surface area (Å²) in [5, 5.41) is -0.175. The van der Waals surface area contributed by atoms with E-state index >= 15 is 0 Å². The van der Waals surface area contributed by atoms with Crippen LogP contribution in [0.25, 0.3) is 0 Å². The Balaban J connectivity index is 3.06. The van der Waals surface area contributed by atoms with Crippen molar-refractivity contribution in [2.45, 2.75) is 4.90 Å². The minimum atomic E-state index is -3.65. The fraction of sp³-hybridized carbons (Fsp3) is 0.286. The smallest absolute Gasteiger partial charge is 0.266 e. The van der Waals surface area contributed by atoms with E-state index in [9.17, 15) is 13.2 Å². The number of pyridine rings is 1. The highest BCUT2D eigenvalue weighted by molar-refractivity contribution is 7.89. The molecular formula is C7H10ClN3O3S. The monoisotopic (exact) mass is 251 g/mol. The number of nitrogens with two attached hydrogens (primary N) is 1. The number of H-pyrrole nitrogens is 1. The Kier molecular flexibility index (Phi) is 3.86. The van der Waals surface area contributed by atoms with Crippen molar-refractivity contribution < 1.29 is 8.42 Å². The van der Waals surface area contributed by atoms with Crippen LogP contribution in [0.3, 0.4) is 0 Å². The molecule has 0 saturated carbocycles. The Morgan fingerprint density at radius 2 is 2.20 bits per heavy atom. The lowest BCUT2D eigenvalue weighted by Crippen LogP contribution is -2.29. The van der Waals surface area contributed by atoms with E-state index in [1.165, 1.54) is 0 Å². The maximum absolute atomic E-state index is 11.5. The second-order valence-electron chi connectivity index (χ2n) is 2.70. The molecule has 0 fully saturated rings. The van der Waals surface area contributed by atoms with Crippen LogP contribution in [0.2, 0.25) is 5.02 Å². The predicted octanol–water partition coefficient (Wildman–Crippen LogP) is -0.735. The van der Waals surface area contributed by atoms with Crippen LogP contribution in [0.4, 0.5) is 0 Å². The first-order valence-electron chi connectivity index (χ1n) is 4.05. The number of sulfonamides is 1. The van der Waals surface area contributed by atoms with E-state index in [1.54, 1.807) is 0 Å². The molecule has 0 radical (unpaired) electrons. The van der Waals surface area contributed by atoms with Gasteiger partial charge in [0, 0.05) is 19.3 Å². The largest absolute Gasteiger partial charge is 0.329 e. The zero-order valence-corrected chi connectivity index (χ0v) is 9.23. The summed E-state index contributed by atoms with van der Waals surface area (Å²) in [6, 6.07) is 1.08. The van der Waals surface area contributed by atoms with Crippen LogP contribution >= 0.6 is 11.6 Å². The van der Waals surface area contributed by atoms with Crippen molar-refractivity contribution >= 4 is 21.6 Å². The summed E-state index contributed by atoms with van der Waals surface area (Å²) in [6.07, 6.45) is 1.08. The third-order valence-corrected chi connectivity index (χ3v) is 3.30. The van der Waals surface area contributed by atoms with Crippen LogP contribution in [0.5, 0.6) is 0 Å². The molecule has 1 rings (SSSR count). The zero-order valence-electron chi connectivity index (χ0n) is 7.66. The van der Waals surface area contributed by atoms with Crippen molar-refractivity contribution in [1.29, 1.82) is 0 Å². The Hall–Kier alpha value is -0.890. The quantitative estimate of drug-likeness (QED) is 0.656. The predicted molar refractivity (Wildman–Crippen MR) is 56.3 cm³/mol. The molecule has 0 amide bonds. The number of halogens is 1. The van der Waals surface area contributed by atoms with Gasteiger partial charge in [-0.25, -0.2) is 13.1 Å². The van der Waals surface area contributed by atoms with Gasteiger partial charge in [0.05, 0.1) is 4.90 Å². The van der Waals surface area contributed by atoms with E-state index in [-0.39, 0.29) is 23.0 Å². The van der Waals surface area contributed by atoms with Crippen LogP contribution in [0.15, 0.2) is 22.0 Å². The van der Waals surface area contributed by atoms with Gasteiger partial charge in [-0.3, -0.25) is 4.79 Å². The number of aromatic nitrogens is 1. The highest BCUT2D eigenvalue weighted by Crippen LogP contribution is 2.09. The van der Waals surface area contributed by atoms with Crippen molar-refractivity contribution in [3.8, 4) is 0 Å². The van der Waals surface area contributed by atoms with Crippen molar-refractivity contribution in [3.05, 3.63) is 27.6 Å². The van der Waals surface area contributed by atoms with E-state index in [0.29, 0.717) is 0 Å². The fourth-order valence-corrected chi connectivity index (χ4v) is 2.15. The molecule has 6 nitrogen and oxygen atoms in total. The maximum Gasteiger partial charge on any atom is 0.266 e. The summed E-state index contributed by atoms with van der Waals surface area (Å²) in [7, 11) is -3.65. The molecular weight excluding hydrogens is 242 g/mol. The van der Waals surface area contributed by atoms with E-state index < -0.39 is 15.6 Å². The molecule has 84 valence electrons. The lowest BCUT2D eigenvalue weighted by molar-refractivity contribution is 0.581. The van der Waals surface area contributed by atoms with Gasteiger partial charge in [-0.2, -0.15) is 0 Å². The van der Waals surface area contributed by atoms with E-state index in [0.717, 1.165) is 12.3 Å². The lowest BCUT2D eigenvalue weighted by atomic mass is 10.5. The molecule has 15 heavy (non-hydrogen) atoms. The Morgan fingerprint density at radius 1 is 1.53 bits per heavy atom. The summed E-state index contributed by atoms with van der Waals surface area (Å²) in [4.78, 5) is 13.0. The molecule has 0 bridgehead atoms. The van der Waals surface area contributed by atoms with Crippen LogP contribution in [-0.2, 0) is 10.0 Å². The van der Waals surface area contributed by atoms with Gasteiger partial charge in [0.1, 0.15) is 5.02 Å². The number of hydrogen-bond acceptors (Lipinski definition) is 4. The molecule has 0 spiro atoms. The Bertz CT molecular complexity index is 496. The third kappa shape index (κ3) is 3.03. The van der Waals surface area contributed by atoms with Crippen molar-refractivity contribution in [1.82, 2.24) is 9.71 Å². The van der Waals surface area contributed by atoms with Crippen LogP contribution in [0.1, 0.15) is 0 Å². The second-order valence-corrected chi connectivity index (χ2v) is 4.87. The standard InChI is InChI=1S/C7H10ClN3O3S/c8-6-3-5(4-10-7(6)12)15(13,14)11-2-1-9/h3-4,11H,1-2,9H2,(H,10,12). The highest BCUT2D eigenvalue weighted by atomic mass is 35.5. The lowest BCUT2D eigenvalue weighted by Gasteiger charge is -2.04. The third-order valence-electron chi connectivity index (χ3n) is 1.58. The van der Waals surface area contributed by atoms with Gasteiger partial charge in [0.2, 0.25) is 10.0 Å². The number of nitrogens with one attached hydrogen (secondary N) is 2. The van der Waals surface area contributed by atoms with E-state index in [2.05, 4.69) is 9.71 Å². The average Bonchev–Trinajstić information content (AvgIpc) is 2.19. The molecule has 4 N–H and O–H groups in total. The molecule has 1 heterocycles. The Labute approximate surface area is 91.5 Å². The summed E-state index contributed by atoms with van der Waals surface area (Å²) >= 11 is 5.49. The topological polar surface area (TPSA) is 105 Å². The normalized spacial score (nSPS) is 11.6. The molecule has 0 aliphatic carbocycles. The van der Waals surface area contributed by atoms with E-state index in [4.69, 9.17) is 17.3 Å². The zero-order chi connectivity index (χ0) is 11.5. The summed E-state index contributed by atoms with van der Waals surface area (Å²) < 4.78 is 25.3. The van der Waals surface area contributed by atoms with Crippen LogP contribution < -0.4 is 16.0 Å². The van der Waals surface area contributed by atoms with Gasteiger partial charge in [0.15, 0.2) is 0 Å². The van der Waals surface area contributed by atoms with Crippen molar-refractivity contribution in [3.63, 3.8) is 0 Å². The van der Waals surface area contributed by atoms with Gasteiger partial charge in [-0.15, -0.1) is 0 Å². The molecule has 0 unspecified atom stereocenters. The summed E-state index contributed by atoms with van der Waals surface area (Å²) in [6.45, 7) is 0.315. The Morgan fingerprint density at radius 3 is 2.73 bits per heavy atom. The first-order valence-corrected chi connectivity index (χ1v) is 5.91. The number of aromatic amines is 1. The molecule has 8 heteroatoms. The van der Waals surface area contributed by atoms with Crippen molar-refractivity contribution in [2.75, 3.05) is 13.1 Å². The molecule has 1 aromatic heterocycles. The van der Waals surface area contributed by atoms with Gasteiger partial charge < -0.3 is 10.7 Å². The summed E-state index contributed by atoms with van der Waals surface area (Å²) in [5.74, 6) is 0. The average molecular weight is 252 g/mol. The van der Waals surface area contributed by atoms with Gasteiger partial charge >= 0.3 is 0 Å². The minimum Gasteiger partial charge on any atom is -0.329 e. The highest BCUT2D eigenvalue weighted by Gasteiger charge is 2.14. The SMILES string of the molecule is NCCNS(=O)(=O)c1c[nH]c(=O)c(Cl)c1. The van der Waals surface area contributed by atoms with Crippen LogP contribution in [0, 0.1) is 0 Å². The maximum atomic E-state index is 11.5. The number of rotatable bonds is 4. The first kappa shape index (κ1) is 12.2. The molecule has 0 aromatic carbocycles. The van der Waals surface area contributed by atoms with Crippen LogP contribution in [-0.4, -0.2) is 26.5 Å². The second kappa shape index (κ2) is 4.75. The summed E-state index contributed by atoms with van der Waals surface area (Å²) in [5.41, 5.74) is 4.62. The molecule has 1 aromatic rings. The molecule has 0 saturated heterocycles. The molecule has 0 aliphatic rings. The minimum absolute atomic E-state index is 0.0967. The van der Waals surface area contributed by atoms with Crippen molar-refractivity contribution in [2.24, 2.45) is 5.73 Å². The van der Waals surface area contributed by atoms with Gasteiger partial charge in [-0.05, 0) is 6.07 Å². The fourth-order valence-electron chi connectivity index (χ4n) is 0.870. The van der Waals surface area contributed by atoms with Gasteiger partial charge in [0.25, 0.3) is 5.56 Å². The molecule has 0 atom stereocenters.